The third kappa shape index (κ3) is 2.26. The molecule has 1 spiro atoms. The van der Waals surface area contributed by atoms with E-state index < -0.39 is 0 Å². The molecule has 3 aliphatic rings. The van der Waals surface area contributed by atoms with Crippen LogP contribution in [0.15, 0.2) is 48.5 Å². The van der Waals surface area contributed by atoms with Gasteiger partial charge in [-0.25, -0.2) is 0 Å². The molecule has 2 aromatic carbocycles. The van der Waals surface area contributed by atoms with Crippen molar-refractivity contribution < 1.29 is 9.66 Å². The maximum Gasteiger partial charge on any atom is 0.272 e. The summed E-state index contributed by atoms with van der Waals surface area (Å²) in [4.78, 5) is 15.9. The van der Waals surface area contributed by atoms with Crippen LogP contribution in [0.4, 0.5) is 11.4 Å². The van der Waals surface area contributed by atoms with Gasteiger partial charge in [-0.15, -0.1) is 0 Å². The molecule has 27 heavy (non-hydrogen) atoms. The van der Waals surface area contributed by atoms with Gasteiger partial charge in [-0.05, 0) is 24.1 Å². The Kier molecular flexibility index (Phi) is 3.74. The molecule has 0 N–H and O–H groups in total. The number of nitro groups is 1. The van der Waals surface area contributed by atoms with Crippen LogP contribution in [0.5, 0.6) is 0 Å². The minimum atomic E-state index is -0.285. The number of rotatable bonds is 5. The first-order chi connectivity index (χ1) is 13.1. The van der Waals surface area contributed by atoms with Gasteiger partial charge in [-0.2, -0.15) is 0 Å². The number of nitrogens with zero attached hydrogens (tertiary/aromatic N) is 3. The SMILES string of the molecule is CCc1cc(N2CC3N(Cc4ccccc4)C4COCC432)ccc1[N+](=O)[O-]. The molecular weight excluding hydrogens is 342 g/mol. The van der Waals surface area contributed by atoms with E-state index >= 15 is 0 Å². The van der Waals surface area contributed by atoms with Crippen molar-refractivity contribution in [3.63, 3.8) is 0 Å². The van der Waals surface area contributed by atoms with Crippen molar-refractivity contribution in [2.24, 2.45) is 0 Å². The van der Waals surface area contributed by atoms with Gasteiger partial charge >= 0.3 is 0 Å². The molecule has 5 rings (SSSR count). The average Bonchev–Trinajstić information content (AvgIpc) is 3.12. The van der Waals surface area contributed by atoms with Crippen molar-refractivity contribution in [3.8, 4) is 0 Å². The van der Waals surface area contributed by atoms with E-state index in [4.69, 9.17) is 4.74 Å². The first-order valence-electron chi connectivity index (χ1n) is 9.57. The number of anilines is 1. The molecule has 2 aromatic rings. The van der Waals surface area contributed by atoms with Crippen LogP contribution in [0.2, 0.25) is 0 Å². The number of likely N-dealkylation sites (tertiary alicyclic amines) is 1. The minimum absolute atomic E-state index is 0.0376. The second-order valence-corrected chi connectivity index (χ2v) is 7.73. The highest BCUT2D eigenvalue weighted by Gasteiger charge is 2.72. The number of hydrogen-bond acceptors (Lipinski definition) is 5. The van der Waals surface area contributed by atoms with Gasteiger partial charge in [0.2, 0.25) is 0 Å². The van der Waals surface area contributed by atoms with Crippen LogP contribution in [0.1, 0.15) is 18.1 Å². The predicted octanol–water partition coefficient (Wildman–Crippen LogP) is 3.00. The molecule has 3 unspecified atom stereocenters. The second-order valence-electron chi connectivity index (χ2n) is 7.73. The molecule has 0 amide bonds. The molecule has 140 valence electrons. The Hall–Kier alpha value is -2.44. The zero-order valence-corrected chi connectivity index (χ0v) is 15.4. The lowest BCUT2D eigenvalue weighted by molar-refractivity contribution is -0.385. The molecule has 0 bridgehead atoms. The summed E-state index contributed by atoms with van der Waals surface area (Å²) in [6, 6.07) is 17.0. The fraction of sp³-hybridized carbons (Fsp3) is 0.429. The number of hydrogen-bond donors (Lipinski definition) is 0. The van der Waals surface area contributed by atoms with Crippen molar-refractivity contribution in [1.82, 2.24) is 4.90 Å². The van der Waals surface area contributed by atoms with Gasteiger partial charge in [-0.3, -0.25) is 15.0 Å². The van der Waals surface area contributed by atoms with Crippen molar-refractivity contribution in [3.05, 3.63) is 69.8 Å². The van der Waals surface area contributed by atoms with E-state index in [-0.39, 0.29) is 16.1 Å². The molecule has 0 aromatic heterocycles. The summed E-state index contributed by atoms with van der Waals surface area (Å²) >= 11 is 0. The maximum absolute atomic E-state index is 11.2. The molecule has 3 fully saturated rings. The summed E-state index contributed by atoms with van der Waals surface area (Å²) in [5.41, 5.74) is 3.47. The first kappa shape index (κ1) is 16.7. The molecule has 3 saturated heterocycles. The zero-order valence-electron chi connectivity index (χ0n) is 15.4. The highest BCUT2D eigenvalue weighted by molar-refractivity contribution is 5.63. The molecular formula is C21H23N3O3. The van der Waals surface area contributed by atoms with Crippen molar-refractivity contribution in [2.45, 2.75) is 37.5 Å². The van der Waals surface area contributed by atoms with Gasteiger partial charge < -0.3 is 9.64 Å². The first-order valence-corrected chi connectivity index (χ1v) is 9.57. The quantitative estimate of drug-likeness (QED) is 0.602. The van der Waals surface area contributed by atoms with Gasteiger partial charge in [0.1, 0.15) is 0 Å². The van der Waals surface area contributed by atoms with E-state index in [2.05, 4.69) is 34.1 Å². The van der Waals surface area contributed by atoms with Crippen LogP contribution in [0, 0.1) is 10.1 Å². The molecule has 3 atom stereocenters. The lowest BCUT2D eigenvalue weighted by atomic mass is 9.65. The van der Waals surface area contributed by atoms with Gasteiger partial charge in [0.05, 0.1) is 35.8 Å². The van der Waals surface area contributed by atoms with Gasteiger partial charge in [0, 0.05) is 30.4 Å². The number of piperazine rings is 1. The fourth-order valence-corrected chi connectivity index (χ4v) is 5.19. The molecule has 6 heteroatoms. The van der Waals surface area contributed by atoms with E-state index in [0.717, 1.165) is 37.6 Å². The van der Waals surface area contributed by atoms with Gasteiger partial charge in [-0.1, -0.05) is 37.3 Å². The third-order valence-electron chi connectivity index (χ3n) is 6.58. The summed E-state index contributed by atoms with van der Waals surface area (Å²) in [6.45, 7) is 5.37. The lowest BCUT2D eigenvalue weighted by Gasteiger charge is -2.73. The van der Waals surface area contributed by atoms with Crippen LogP contribution < -0.4 is 4.90 Å². The molecule has 0 saturated carbocycles. The van der Waals surface area contributed by atoms with E-state index in [1.54, 1.807) is 6.07 Å². The Morgan fingerprint density at radius 2 is 2.04 bits per heavy atom. The van der Waals surface area contributed by atoms with Crippen LogP contribution in [-0.2, 0) is 17.7 Å². The summed E-state index contributed by atoms with van der Waals surface area (Å²) in [5.74, 6) is 0. The number of nitro benzene ring substituents is 1. The average molecular weight is 365 g/mol. The summed E-state index contributed by atoms with van der Waals surface area (Å²) in [5, 5.41) is 11.2. The summed E-state index contributed by atoms with van der Waals surface area (Å²) in [7, 11) is 0. The topological polar surface area (TPSA) is 58.8 Å². The summed E-state index contributed by atoms with van der Waals surface area (Å²) in [6.07, 6.45) is 0.661. The predicted molar refractivity (Wildman–Crippen MR) is 103 cm³/mol. The molecule has 0 aliphatic carbocycles. The normalized spacial score (nSPS) is 28.9. The van der Waals surface area contributed by atoms with Crippen molar-refractivity contribution in [1.29, 1.82) is 0 Å². The summed E-state index contributed by atoms with van der Waals surface area (Å²) < 4.78 is 5.90. The molecule has 0 radical (unpaired) electrons. The zero-order chi connectivity index (χ0) is 18.6. The Bertz CT molecular complexity index is 887. The number of benzene rings is 2. The Morgan fingerprint density at radius 1 is 1.22 bits per heavy atom. The molecule has 3 aliphatic heterocycles. The third-order valence-corrected chi connectivity index (χ3v) is 6.58. The van der Waals surface area contributed by atoms with Gasteiger partial charge in [0.15, 0.2) is 0 Å². The van der Waals surface area contributed by atoms with E-state index in [9.17, 15) is 10.1 Å². The highest BCUT2D eigenvalue weighted by atomic mass is 16.6. The Morgan fingerprint density at radius 3 is 2.78 bits per heavy atom. The van der Waals surface area contributed by atoms with E-state index in [1.807, 2.05) is 25.1 Å². The fourth-order valence-electron chi connectivity index (χ4n) is 5.19. The Labute approximate surface area is 158 Å². The van der Waals surface area contributed by atoms with Crippen molar-refractivity contribution >= 4 is 11.4 Å². The van der Waals surface area contributed by atoms with Crippen LogP contribution in [-0.4, -0.2) is 47.2 Å². The highest BCUT2D eigenvalue weighted by Crippen LogP contribution is 2.54. The van der Waals surface area contributed by atoms with Crippen molar-refractivity contribution in [2.75, 3.05) is 24.7 Å². The largest absolute Gasteiger partial charge is 0.377 e. The second kappa shape index (κ2) is 6.04. The number of aryl methyl sites for hydroxylation is 1. The van der Waals surface area contributed by atoms with E-state index in [1.165, 1.54) is 5.56 Å². The molecule has 3 heterocycles. The maximum atomic E-state index is 11.2. The Balaban J connectivity index is 1.40. The van der Waals surface area contributed by atoms with Crippen LogP contribution in [0.3, 0.4) is 0 Å². The smallest absolute Gasteiger partial charge is 0.272 e. The van der Waals surface area contributed by atoms with Crippen LogP contribution >= 0.6 is 0 Å². The standard InChI is InChI=1S/C21H23N3O3/c1-2-16-10-17(8-9-18(16)24(25)26)23-12-19-21(23)14-27-13-20(21)22(19)11-15-6-4-3-5-7-15/h3-10,19-20H,2,11-14H2,1H3. The monoisotopic (exact) mass is 365 g/mol. The van der Waals surface area contributed by atoms with Gasteiger partial charge in [0.25, 0.3) is 5.69 Å². The minimum Gasteiger partial charge on any atom is -0.377 e. The molecule has 6 nitrogen and oxygen atoms in total. The lowest BCUT2D eigenvalue weighted by Crippen LogP contribution is -2.91. The van der Waals surface area contributed by atoms with Crippen LogP contribution in [0.25, 0.3) is 0 Å². The number of ether oxygens (including phenoxy) is 1. The van der Waals surface area contributed by atoms with E-state index in [0.29, 0.717) is 18.5 Å².